The second-order valence-electron chi connectivity index (χ2n) is 6.20. The lowest BCUT2D eigenvalue weighted by Crippen LogP contribution is -2.36. The fraction of sp³-hybridized carbons (Fsp3) is 0.100. The van der Waals surface area contributed by atoms with E-state index in [1.165, 1.54) is 11.3 Å². The molecule has 0 aliphatic rings. The predicted molar refractivity (Wildman–Crippen MR) is 110 cm³/mol. The van der Waals surface area contributed by atoms with E-state index in [9.17, 15) is 4.79 Å². The predicted octanol–water partition coefficient (Wildman–Crippen LogP) is 3.94. The number of carbonyl (C=O) groups excluding carboxylic acids is 1. The number of thiazole rings is 1. The Morgan fingerprint density at radius 2 is 1.96 bits per heavy atom. The first-order valence-corrected chi connectivity index (χ1v) is 9.35. The normalized spacial score (nSPS) is 11.7. The number of nitrogens with one attached hydrogen (secondary N) is 1. The fourth-order valence-electron chi connectivity index (χ4n) is 2.80. The van der Waals surface area contributed by atoms with Gasteiger partial charge >= 0.3 is 0 Å². The van der Waals surface area contributed by atoms with Gasteiger partial charge in [0, 0.05) is 23.3 Å². The lowest BCUT2D eigenvalue weighted by Gasteiger charge is -2.03. The van der Waals surface area contributed by atoms with E-state index in [0.29, 0.717) is 16.3 Å². The third-order valence-corrected chi connectivity index (χ3v) is 5.25. The number of nitrogens with zero attached hydrogens (tertiary/aromatic N) is 3. The van der Waals surface area contributed by atoms with E-state index in [1.54, 1.807) is 25.4 Å². The van der Waals surface area contributed by atoms with E-state index < -0.39 is 0 Å². The van der Waals surface area contributed by atoms with Gasteiger partial charge in [-0.15, -0.1) is 11.3 Å². The Morgan fingerprint density at radius 1 is 1.18 bits per heavy atom. The summed E-state index contributed by atoms with van der Waals surface area (Å²) >= 11 is 1.30. The molecule has 0 unspecified atom stereocenters. The van der Waals surface area contributed by atoms with E-state index in [1.807, 2.05) is 37.3 Å². The number of nitrogens with two attached hydrogens (primary N) is 1. The molecule has 7 nitrogen and oxygen atoms in total. The number of hydrogen-bond donors (Lipinski definition) is 2. The van der Waals surface area contributed by atoms with Crippen LogP contribution in [0.1, 0.15) is 21.1 Å². The van der Waals surface area contributed by atoms with E-state index in [2.05, 4.69) is 20.3 Å². The molecule has 8 heteroatoms. The summed E-state index contributed by atoms with van der Waals surface area (Å²) in [6.07, 6.45) is 3.38. The summed E-state index contributed by atoms with van der Waals surface area (Å²) in [5, 5.41) is 4.31. The quantitative estimate of drug-likeness (QED) is 0.406. The summed E-state index contributed by atoms with van der Waals surface area (Å²) in [5.41, 5.74) is 8.89. The molecule has 0 atom stereocenters. The highest BCUT2D eigenvalue weighted by Gasteiger charge is 2.17. The monoisotopic (exact) mass is 391 g/mol. The Bertz CT molecular complexity index is 1190. The molecule has 0 radical (unpaired) electrons. The lowest BCUT2D eigenvalue weighted by molar-refractivity contribution is 0.0980. The van der Waals surface area contributed by atoms with Crippen LogP contribution in [0.5, 0.6) is 0 Å². The molecule has 4 aromatic rings. The zero-order valence-electron chi connectivity index (χ0n) is 15.3. The largest absolute Gasteiger partial charge is 0.461 e. The fourth-order valence-corrected chi connectivity index (χ4v) is 3.77. The van der Waals surface area contributed by atoms with Crippen molar-refractivity contribution in [3.8, 4) is 10.6 Å². The highest BCUT2D eigenvalue weighted by molar-refractivity contribution is 7.17. The van der Waals surface area contributed by atoms with Gasteiger partial charge in [-0.1, -0.05) is 0 Å². The van der Waals surface area contributed by atoms with Crippen LogP contribution in [-0.2, 0) is 0 Å². The van der Waals surface area contributed by atoms with Crippen LogP contribution in [0, 0.1) is 13.8 Å². The maximum absolute atomic E-state index is 12.6. The number of rotatable bonds is 3. The molecule has 3 aromatic heterocycles. The molecule has 0 fully saturated rings. The molecule has 0 saturated heterocycles. The first-order chi connectivity index (χ1) is 13.5. The van der Waals surface area contributed by atoms with Crippen molar-refractivity contribution in [3.63, 3.8) is 0 Å². The van der Waals surface area contributed by atoms with Crippen molar-refractivity contribution in [1.29, 1.82) is 0 Å². The van der Waals surface area contributed by atoms with E-state index in [-0.39, 0.29) is 11.9 Å². The van der Waals surface area contributed by atoms with Crippen LogP contribution < -0.4 is 11.1 Å². The van der Waals surface area contributed by atoms with Gasteiger partial charge in [-0.2, -0.15) is 0 Å². The van der Waals surface area contributed by atoms with Crippen LogP contribution in [-0.4, -0.2) is 21.8 Å². The van der Waals surface area contributed by atoms with Gasteiger partial charge in [0.15, 0.2) is 0 Å². The number of aromatic nitrogens is 2. The smallest absolute Gasteiger partial charge is 0.269 e. The van der Waals surface area contributed by atoms with Crippen LogP contribution >= 0.6 is 11.3 Å². The number of aliphatic imine (C=N–C) groups is 1. The highest BCUT2D eigenvalue weighted by atomic mass is 32.1. The SMILES string of the molecule is Cc1cc2cc(N=C(N)NC(=O)c3sc(-c4ccncc4)nc3C)ccc2o1. The minimum Gasteiger partial charge on any atom is -0.461 e. The zero-order valence-corrected chi connectivity index (χ0v) is 16.1. The zero-order chi connectivity index (χ0) is 19.7. The average Bonchev–Trinajstić information content (AvgIpc) is 3.23. The van der Waals surface area contributed by atoms with Crippen molar-refractivity contribution in [2.45, 2.75) is 13.8 Å². The van der Waals surface area contributed by atoms with Crippen LogP contribution in [0.2, 0.25) is 0 Å². The molecular formula is C20H17N5O2S. The minimum absolute atomic E-state index is 0.0165. The Balaban J connectivity index is 1.54. The van der Waals surface area contributed by atoms with Crippen molar-refractivity contribution in [2.75, 3.05) is 0 Å². The number of pyridine rings is 1. The third-order valence-electron chi connectivity index (χ3n) is 4.04. The summed E-state index contributed by atoms with van der Waals surface area (Å²) < 4.78 is 5.54. The summed E-state index contributed by atoms with van der Waals surface area (Å²) in [7, 11) is 0. The van der Waals surface area contributed by atoms with Crippen molar-refractivity contribution in [2.24, 2.45) is 10.7 Å². The number of amides is 1. The Hall–Kier alpha value is -3.52. The molecule has 0 saturated carbocycles. The van der Waals surface area contributed by atoms with E-state index in [4.69, 9.17) is 10.2 Å². The molecular weight excluding hydrogens is 374 g/mol. The van der Waals surface area contributed by atoms with Crippen molar-refractivity contribution >= 4 is 39.9 Å². The minimum atomic E-state index is -0.336. The summed E-state index contributed by atoms with van der Waals surface area (Å²) in [4.78, 5) is 25.8. The van der Waals surface area contributed by atoms with Gasteiger partial charge in [0.1, 0.15) is 21.2 Å². The summed E-state index contributed by atoms with van der Waals surface area (Å²) in [6, 6.07) is 11.1. The molecule has 1 amide bonds. The molecule has 28 heavy (non-hydrogen) atoms. The molecule has 0 bridgehead atoms. The van der Waals surface area contributed by atoms with Crippen LogP contribution in [0.3, 0.4) is 0 Å². The van der Waals surface area contributed by atoms with Crippen LogP contribution in [0.25, 0.3) is 21.5 Å². The first-order valence-electron chi connectivity index (χ1n) is 8.53. The molecule has 4 rings (SSSR count). The molecule has 0 aliphatic carbocycles. The summed E-state index contributed by atoms with van der Waals surface area (Å²) in [6.45, 7) is 3.67. The van der Waals surface area contributed by atoms with Gasteiger partial charge in [0.25, 0.3) is 5.91 Å². The van der Waals surface area contributed by atoms with Crippen LogP contribution in [0.4, 0.5) is 5.69 Å². The van der Waals surface area contributed by atoms with Gasteiger partial charge < -0.3 is 10.2 Å². The Labute approximate surface area is 165 Å². The van der Waals surface area contributed by atoms with Gasteiger partial charge in [-0.05, 0) is 50.2 Å². The molecule has 1 aromatic carbocycles. The van der Waals surface area contributed by atoms with Crippen molar-refractivity contribution in [3.05, 3.63) is 65.1 Å². The number of fused-ring (bicyclic) bond motifs is 1. The summed E-state index contributed by atoms with van der Waals surface area (Å²) in [5.74, 6) is 0.502. The number of benzene rings is 1. The number of aryl methyl sites for hydroxylation is 2. The number of hydrogen-bond acceptors (Lipinski definition) is 6. The molecule has 140 valence electrons. The van der Waals surface area contributed by atoms with E-state index >= 15 is 0 Å². The lowest BCUT2D eigenvalue weighted by atomic mass is 10.2. The maximum atomic E-state index is 12.6. The standard InChI is InChI=1S/C20H17N5O2S/c1-11-9-14-10-15(3-4-16(14)27-11)24-20(21)25-18(26)17-12(2)23-19(28-17)13-5-7-22-8-6-13/h3-10H,1-2H3,(H3,21,24,25,26). The molecule has 0 spiro atoms. The topological polar surface area (TPSA) is 106 Å². The second-order valence-corrected chi connectivity index (χ2v) is 7.20. The van der Waals surface area contributed by atoms with Gasteiger partial charge in [0.05, 0.1) is 11.4 Å². The van der Waals surface area contributed by atoms with E-state index in [0.717, 1.165) is 27.3 Å². The van der Waals surface area contributed by atoms with Gasteiger partial charge in [-0.25, -0.2) is 9.98 Å². The molecule has 3 N–H and O–H groups in total. The average molecular weight is 391 g/mol. The molecule has 0 aliphatic heterocycles. The third kappa shape index (κ3) is 3.63. The number of carbonyl (C=O) groups is 1. The number of guanidine groups is 1. The highest BCUT2D eigenvalue weighted by Crippen LogP contribution is 2.27. The maximum Gasteiger partial charge on any atom is 0.269 e. The van der Waals surface area contributed by atoms with Crippen molar-refractivity contribution < 1.29 is 9.21 Å². The first kappa shape index (κ1) is 17.9. The van der Waals surface area contributed by atoms with Crippen molar-refractivity contribution in [1.82, 2.24) is 15.3 Å². The Morgan fingerprint density at radius 3 is 2.75 bits per heavy atom. The van der Waals surface area contributed by atoms with Crippen LogP contribution in [0.15, 0.2) is 58.2 Å². The van der Waals surface area contributed by atoms with Gasteiger partial charge in [-0.3, -0.25) is 15.1 Å². The number of furan rings is 1. The van der Waals surface area contributed by atoms with Gasteiger partial charge in [0.2, 0.25) is 5.96 Å². The Kier molecular flexibility index (Phi) is 4.62. The second kappa shape index (κ2) is 7.24. The molecule has 3 heterocycles.